The quantitative estimate of drug-likeness (QED) is 0.920. The van der Waals surface area contributed by atoms with Gasteiger partial charge in [0.05, 0.1) is 0 Å². The first-order chi connectivity index (χ1) is 12.1. The van der Waals surface area contributed by atoms with E-state index in [0.29, 0.717) is 5.69 Å². The number of aromatic nitrogens is 2. The van der Waals surface area contributed by atoms with E-state index in [1.54, 1.807) is 6.07 Å². The zero-order valence-electron chi connectivity index (χ0n) is 15.2. The van der Waals surface area contributed by atoms with Gasteiger partial charge in [0.1, 0.15) is 0 Å². The molecule has 132 valence electrons. The number of hydrogen-bond donors (Lipinski definition) is 1. The van der Waals surface area contributed by atoms with Crippen molar-refractivity contribution in [3.8, 4) is 0 Å². The second-order valence-corrected chi connectivity index (χ2v) is 6.86. The molecule has 1 saturated heterocycles. The molecule has 0 radical (unpaired) electrons. The molecule has 1 aromatic carbocycles. The summed E-state index contributed by atoms with van der Waals surface area (Å²) in [5, 5.41) is 11.4. The molecule has 3 rings (SSSR count). The fourth-order valence-electron chi connectivity index (χ4n) is 3.23. The average Bonchev–Trinajstić information content (AvgIpc) is 2.64. The van der Waals surface area contributed by atoms with E-state index in [9.17, 15) is 4.79 Å². The highest BCUT2D eigenvalue weighted by Crippen LogP contribution is 2.23. The number of hydrogen-bond acceptors (Lipinski definition) is 4. The number of carbonyl (C=O) groups is 1. The van der Waals surface area contributed by atoms with Crippen molar-refractivity contribution in [1.82, 2.24) is 10.2 Å². The SMILES string of the molecule is CCc1cccc(C)c1NC(=O)c1ccc(N2CCC(C)CC2)nn1. The number of piperidine rings is 1. The lowest BCUT2D eigenvalue weighted by atomic mass is 9.99. The third-order valence-corrected chi connectivity index (χ3v) is 4.97. The van der Waals surface area contributed by atoms with Crippen LogP contribution in [0.3, 0.4) is 0 Å². The molecule has 0 atom stereocenters. The van der Waals surface area contributed by atoms with Crippen LogP contribution in [0.1, 0.15) is 48.3 Å². The maximum Gasteiger partial charge on any atom is 0.276 e. The van der Waals surface area contributed by atoms with Gasteiger partial charge in [-0.05, 0) is 55.4 Å². The van der Waals surface area contributed by atoms with Crippen LogP contribution in [0.5, 0.6) is 0 Å². The van der Waals surface area contributed by atoms with Crippen LogP contribution in [0.15, 0.2) is 30.3 Å². The van der Waals surface area contributed by atoms with Gasteiger partial charge in [-0.1, -0.05) is 32.0 Å². The van der Waals surface area contributed by atoms with Crippen molar-refractivity contribution in [3.63, 3.8) is 0 Å². The summed E-state index contributed by atoms with van der Waals surface area (Å²) in [6.45, 7) is 8.38. The third kappa shape index (κ3) is 3.98. The lowest BCUT2D eigenvalue weighted by Gasteiger charge is -2.30. The van der Waals surface area contributed by atoms with Gasteiger partial charge in [-0.15, -0.1) is 10.2 Å². The fraction of sp³-hybridized carbons (Fsp3) is 0.450. The van der Waals surface area contributed by atoms with Crippen LogP contribution in [0.4, 0.5) is 11.5 Å². The van der Waals surface area contributed by atoms with Gasteiger partial charge < -0.3 is 10.2 Å². The van der Waals surface area contributed by atoms with Gasteiger partial charge in [-0.3, -0.25) is 4.79 Å². The molecule has 1 aliphatic heterocycles. The van der Waals surface area contributed by atoms with Crippen molar-refractivity contribution in [1.29, 1.82) is 0 Å². The van der Waals surface area contributed by atoms with Crippen LogP contribution < -0.4 is 10.2 Å². The first-order valence-electron chi connectivity index (χ1n) is 9.07. The van der Waals surface area contributed by atoms with Gasteiger partial charge in [0.25, 0.3) is 5.91 Å². The minimum atomic E-state index is -0.213. The van der Waals surface area contributed by atoms with Crippen molar-refractivity contribution in [3.05, 3.63) is 47.2 Å². The van der Waals surface area contributed by atoms with E-state index in [0.717, 1.165) is 48.1 Å². The van der Waals surface area contributed by atoms with Crippen molar-refractivity contribution in [2.75, 3.05) is 23.3 Å². The molecule has 0 unspecified atom stereocenters. The Morgan fingerprint density at radius 1 is 1.20 bits per heavy atom. The maximum absolute atomic E-state index is 12.5. The molecule has 5 heteroatoms. The summed E-state index contributed by atoms with van der Waals surface area (Å²) in [6.07, 6.45) is 3.23. The Balaban J connectivity index is 1.71. The third-order valence-electron chi connectivity index (χ3n) is 4.97. The maximum atomic E-state index is 12.5. The van der Waals surface area contributed by atoms with E-state index in [1.165, 1.54) is 12.8 Å². The van der Waals surface area contributed by atoms with E-state index in [4.69, 9.17) is 0 Å². The highest BCUT2D eigenvalue weighted by Gasteiger charge is 2.18. The summed E-state index contributed by atoms with van der Waals surface area (Å²) in [6, 6.07) is 9.71. The van der Waals surface area contributed by atoms with Crippen LogP contribution in [-0.4, -0.2) is 29.2 Å². The Bertz CT molecular complexity index is 734. The Kier molecular flexibility index (Phi) is 5.31. The number of benzene rings is 1. The van der Waals surface area contributed by atoms with E-state index < -0.39 is 0 Å². The normalized spacial score (nSPS) is 15.2. The molecule has 2 aromatic rings. The van der Waals surface area contributed by atoms with Crippen LogP contribution >= 0.6 is 0 Å². The van der Waals surface area contributed by atoms with Gasteiger partial charge in [0, 0.05) is 18.8 Å². The van der Waals surface area contributed by atoms with Gasteiger partial charge >= 0.3 is 0 Å². The summed E-state index contributed by atoms with van der Waals surface area (Å²) in [4.78, 5) is 14.8. The molecular formula is C20H26N4O. The monoisotopic (exact) mass is 338 g/mol. The Labute approximate surface area is 149 Å². The molecule has 2 heterocycles. The number of rotatable bonds is 4. The van der Waals surface area contributed by atoms with Crippen molar-refractivity contribution in [2.45, 2.75) is 40.0 Å². The predicted molar refractivity (Wildman–Crippen MR) is 101 cm³/mol. The number of amides is 1. The number of nitrogens with one attached hydrogen (secondary N) is 1. The first kappa shape index (κ1) is 17.4. The average molecular weight is 338 g/mol. The highest BCUT2D eigenvalue weighted by molar-refractivity contribution is 6.03. The summed E-state index contributed by atoms with van der Waals surface area (Å²) in [5.74, 6) is 1.42. The standard InChI is InChI=1S/C20H26N4O/c1-4-16-7-5-6-15(3)19(16)21-20(25)17-8-9-18(23-22-17)24-12-10-14(2)11-13-24/h5-9,14H,4,10-13H2,1-3H3,(H,21,25). The minimum Gasteiger partial charge on any atom is -0.355 e. The summed E-state index contributed by atoms with van der Waals surface area (Å²) < 4.78 is 0. The highest BCUT2D eigenvalue weighted by atomic mass is 16.1. The Morgan fingerprint density at radius 3 is 2.60 bits per heavy atom. The minimum absolute atomic E-state index is 0.213. The van der Waals surface area contributed by atoms with Crippen molar-refractivity contribution < 1.29 is 4.79 Å². The molecule has 25 heavy (non-hydrogen) atoms. The molecule has 1 fully saturated rings. The van der Waals surface area contributed by atoms with E-state index in [-0.39, 0.29) is 5.91 Å². The number of anilines is 2. The van der Waals surface area contributed by atoms with Gasteiger partial charge in [-0.2, -0.15) is 0 Å². The first-order valence-corrected chi connectivity index (χ1v) is 9.07. The summed E-state index contributed by atoms with van der Waals surface area (Å²) >= 11 is 0. The van der Waals surface area contributed by atoms with E-state index >= 15 is 0 Å². The summed E-state index contributed by atoms with van der Waals surface area (Å²) in [5.41, 5.74) is 3.41. The molecule has 1 aliphatic rings. The largest absolute Gasteiger partial charge is 0.355 e. The van der Waals surface area contributed by atoms with Crippen LogP contribution in [0, 0.1) is 12.8 Å². The number of nitrogens with zero attached hydrogens (tertiary/aromatic N) is 3. The summed E-state index contributed by atoms with van der Waals surface area (Å²) in [7, 11) is 0. The molecule has 1 amide bonds. The van der Waals surface area contributed by atoms with Crippen LogP contribution in [0.25, 0.3) is 0 Å². The number of aryl methyl sites for hydroxylation is 2. The zero-order valence-corrected chi connectivity index (χ0v) is 15.2. The molecule has 0 spiro atoms. The topological polar surface area (TPSA) is 58.1 Å². The number of para-hydroxylation sites is 1. The van der Waals surface area contributed by atoms with Crippen molar-refractivity contribution >= 4 is 17.4 Å². The predicted octanol–water partition coefficient (Wildman–Crippen LogP) is 3.84. The molecule has 0 bridgehead atoms. The zero-order chi connectivity index (χ0) is 17.8. The Hall–Kier alpha value is -2.43. The van der Waals surface area contributed by atoms with E-state index in [2.05, 4.69) is 34.3 Å². The molecule has 0 saturated carbocycles. The Morgan fingerprint density at radius 2 is 1.96 bits per heavy atom. The molecule has 0 aliphatic carbocycles. The lowest BCUT2D eigenvalue weighted by molar-refractivity contribution is 0.102. The van der Waals surface area contributed by atoms with Crippen LogP contribution in [0.2, 0.25) is 0 Å². The van der Waals surface area contributed by atoms with Gasteiger partial charge in [-0.25, -0.2) is 0 Å². The lowest BCUT2D eigenvalue weighted by Crippen LogP contribution is -2.33. The van der Waals surface area contributed by atoms with Gasteiger partial charge in [0.2, 0.25) is 0 Å². The number of carbonyl (C=O) groups excluding carboxylic acids is 1. The second kappa shape index (κ2) is 7.64. The van der Waals surface area contributed by atoms with E-state index in [1.807, 2.05) is 31.2 Å². The fourth-order valence-corrected chi connectivity index (χ4v) is 3.23. The van der Waals surface area contributed by atoms with Crippen molar-refractivity contribution in [2.24, 2.45) is 5.92 Å². The van der Waals surface area contributed by atoms with Crippen LogP contribution in [-0.2, 0) is 6.42 Å². The van der Waals surface area contributed by atoms with Gasteiger partial charge in [0.15, 0.2) is 11.5 Å². The smallest absolute Gasteiger partial charge is 0.276 e. The molecule has 1 N–H and O–H groups in total. The second-order valence-electron chi connectivity index (χ2n) is 6.86. The molecular weight excluding hydrogens is 312 g/mol. The molecule has 5 nitrogen and oxygen atoms in total. The molecule has 1 aromatic heterocycles.